The summed E-state index contributed by atoms with van der Waals surface area (Å²) in [5.74, 6) is 0. The van der Waals surface area contributed by atoms with Gasteiger partial charge in [0.05, 0.1) is 18.0 Å². The Kier molecular flexibility index (Phi) is 4.71. The highest BCUT2D eigenvalue weighted by atomic mass is 32.1. The quantitative estimate of drug-likeness (QED) is 0.606. The van der Waals surface area contributed by atoms with E-state index in [1.807, 2.05) is 13.8 Å². The molecule has 3 nitrogen and oxygen atoms in total. The third-order valence-electron chi connectivity index (χ3n) is 1.41. The highest BCUT2D eigenvalue weighted by Gasteiger charge is 2.14. The highest BCUT2D eigenvalue weighted by molar-refractivity contribution is 7.54. The molecule has 4 heteroatoms. The van der Waals surface area contributed by atoms with Crippen molar-refractivity contribution in [1.29, 1.82) is 5.26 Å². The summed E-state index contributed by atoms with van der Waals surface area (Å²) in [4.78, 5) is 0. The largest absolute Gasteiger partial charge is 0.199 e. The van der Waals surface area contributed by atoms with E-state index in [9.17, 15) is 4.21 Å². The second-order valence-electron chi connectivity index (χ2n) is 3.03. The minimum absolute atomic E-state index is 0.252. The molecule has 0 rings (SSSR count). The van der Waals surface area contributed by atoms with Crippen LogP contribution in [0, 0.1) is 16.7 Å². The van der Waals surface area contributed by atoms with Crippen molar-refractivity contribution in [3.63, 3.8) is 0 Å². The molecule has 62 valence electrons. The average molecular weight is 172 g/mol. The molecular formula is C7H12N2OS. The number of hydrogen-bond donors (Lipinski definition) is 0. The van der Waals surface area contributed by atoms with Gasteiger partial charge in [-0.2, -0.15) is 13.8 Å². The summed E-state index contributed by atoms with van der Waals surface area (Å²) in [5.41, 5.74) is -0.275. The molecular weight excluding hydrogens is 160 g/mol. The van der Waals surface area contributed by atoms with E-state index in [0.29, 0.717) is 6.54 Å². The molecule has 0 saturated heterocycles. The van der Waals surface area contributed by atoms with Crippen molar-refractivity contribution in [2.45, 2.75) is 26.7 Å². The SMILES string of the molecule is CC(C)(C#N)CCCN=S=O. The minimum Gasteiger partial charge on any atom is -0.198 e. The fourth-order valence-electron chi connectivity index (χ4n) is 0.679. The maximum absolute atomic E-state index is 9.81. The second-order valence-corrected chi connectivity index (χ2v) is 3.43. The van der Waals surface area contributed by atoms with Crippen LogP contribution in [0.25, 0.3) is 0 Å². The molecule has 0 aromatic carbocycles. The molecule has 0 aromatic heterocycles. The first-order chi connectivity index (χ1) is 5.12. The predicted octanol–water partition coefficient (Wildman–Crippen LogP) is 1.71. The maximum Gasteiger partial charge on any atom is 0.199 e. The zero-order valence-corrected chi connectivity index (χ0v) is 7.65. The zero-order valence-electron chi connectivity index (χ0n) is 6.83. The van der Waals surface area contributed by atoms with Crippen molar-refractivity contribution >= 4 is 11.5 Å². The molecule has 0 radical (unpaired) electrons. The first kappa shape index (κ1) is 10.3. The summed E-state index contributed by atoms with van der Waals surface area (Å²) in [7, 11) is 0. The van der Waals surface area contributed by atoms with Gasteiger partial charge in [-0.25, -0.2) is 0 Å². The second kappa shape index (κ2) is 5.03. The van der Waals surface area contributed by atoms with E-state index in [4.69, 9.17) is 5.26 Å². The lowest BCUT2D eigenvalue weighted by atomic mass is 9.90. The molecule has 0 aliphatic heterocycles. The van der Waals surface area contributed by atoms with Crippen molar-refractivity contribution in [2.24, 2.45) is 9.78 Å². The Bertz CT molecular complexity index is 201. The molecule has 0 fully saturated rings. The van der Waals surface area contributed by atoms with Crippen molar-refractivity contribution in [3.05, 3.63) is 0 Å². The van der Waals surface area contributed by atoms with Crippen LogP contribution in [-0.4, -0.2) is 10.8 Å². The third kappa shape index (κ3) is 5.74. The Morgan fingerprint density at radius 3 is 2.73 bits per heavy atom. The van der Waals surface area contributed by atoms with Crippen LogP contribution in [0.4, 0.5) is 0 Å². The van der Waals surface area contributed by atoms with Gasteiger partial charge in [0.1, 0.15) is 0 Å². The number of hydrogen-bond acceptors (Lipinski definition) is 3. The van der Waals surface area contributed by atoms with Gasteiger partial charge in [0.2, 0.25) is 0 Å². The normalized spacial score (nSPS) is 10.3. The van der Waals surface area contributed by atoms with Crippen molar-refractivity contribution in [2.75, 3.05) is 6.54 Å². The minimum atomic E-state index is -0.275. The van der Waals surface area contributed by atoms with E-state index in [2.05, 4.69) is 10.4 Å². The first-order valence-corrected chi connectivity index (χ1v) is 4.19. The van der Waals surface area contributed by atoms with Gasteiger partial charge in [-0.15, -0.1) is 0 Å². The van der Waals surface area contributed by atoms with Crippen LogP contribution in [-0.2, 0) is 11.5 Å². The smallest absolute Gasteiger partial charge is 0.198 e. The van der Waals surface area contributed by atoms with Crippen LogP contribution in [0.3, 0.4) is 0 Å². The van der Waals surface area contributed by atoms with E-state index in [1.165, 1.54) is 0 Å². The van der Waals surface area contributed by atoms with Crippen LogP contribution in [0.2, 0.25) is 0 Å². The molecule has 0 N–H and O–H groups in total. The first-order valence-electron chi connectivity index (χ1n) is 3.49. The predicted molar refractivity (Wildman–Crippen MR) is 44.1 cm³/mol. The van der Waals surface area contributed by atoms with E-state index < -0.39 is 0 Å². The van der Waals surface area contributed by atoms with E-state index >= 15 is 0 Å². The summed E-state index contributed by atoms with van der Waals surface area (Å²) in [5, 5.41) is 8.60. The van der Waals surface area contributed by atoms with Gasteiger partial charge in [0, 0.05) is 0 Å². The van der Waals surface area contributed by atoms with Gasteiger partial charge in [-0.3, -0.25) is 0 Å². The molecule has 0 aliphatic carbocycles. The van der Waals surface area contributed by atoms with Gasteiger partial charge < -0.3 is 0 Å². The van der Waals surface area contributed by atoms with Crippen LogP contribution in [0.1, 0.15) is 26.7 Å². The van der Waals surface area contributed by atoms with E-state index in [-0.39, 0.29) is 16.9 Å². The lowest BCUT2D eigenvalue weighted by Crippen LogP contribution is -2.07. The van der Waals surface area contributed by atoms with Crippen LogP contribution >= 0.6 is 0 Å². The van der Waals surface area contributed by atoms with Gasteiger partial charge in [0.25, 0.3) is 0 Å². The summed E-state index contributed by atoms with van der Waals surface area (Å²) in [6, 6.07) is 2.19. The molecule has 0 aliphatic rings. The Hall–Kier alpha value is -0.690. The molecule has 0 heterocycles. The summed E-state index contributed by atoms with van der Waals surface area (Å²) in [6.45, 7) is 4.33. The summed E-state index contributed by atoms with van der Waals surface area (Å²) in [6.07, 6.45) is 1.61. The molecule has 0 spiro atoms. The van der Waals surface area contributed by atoms with Crippen molar-refractivity contribution in [3.8, 4) is 6.07 Å². The molecule has 0 aromatic rings. The third-order valence-corrected chi connectivity index (χ3v) is 1.69. The lowest BCUT2D eigenvalue weighted by Gasteiger charge is -2.12. The fourth-order valence-corrected chi connectivity index (χ4v) is 0.882. The van der Waals surface area contributed by atoms with Crippen molar-refractivity contribution < 1.29 is 4.21 Å². The van der Waals surface area contributed by atoms with Crippen LogP contribution in [0.5, 0.6) is 0 Å². The Morgan fingerprint density at radius 2 is 2.27 bits per heavy atom. The molecule has 11 heavy (non-hydrogen) atoms. The van der Waals surface area contributed by atoms with E-state index in [1.54, 1.807) is 0 Å². The monoisotopic (exact) mass is 172 g/mol. The number of rotatable bonds is 4. The lowest BCUT2D eigenvalue weighted by molar-refractivity contribution is 0.439. The zero-order chi connectivity index (χ0) is 8.74. The molecule has 0 unspecified atom stereocenters. The number of nitriles is 1. The fraction of sp³-hybridized carbons (Fsp3) is 0.857. The standard InChI is InChI=1S/C7H12N2OS/c1-7(2,6-8)4-3-5-9-11-10/h3-5H2,1-2H3. The average Bonchev–Trinajstić information content (AvgIpc) is 1.99. The van der Waals surface area contributed by atoms with Crippen LogP contribution < -0.4 is 0 Å². The maximum atomic E-state index is 9.81. The Morgan fingerprint density at radius 1 is 1.64 bits per heavy atom. The van der Waals surface area contributed by atoms with Gasteiger partial charge in [-0.05, 0) is 26.7 Å². The van der Waals surface area contributed by atoms with E-state index in [0.717, 1.165) is 12.8 Å². The molecule has 0 bridgehead atoms. The topological polar surface area (TPSA) is 53.2 Å². The molecule has 0 amide bonds. The van der Waals surface area contributed by atoms with Gasteiger partial charge in [0.15, 0.2) is 11.5 Å². The summed E-state index contributed by atoms with van der Waals surface area (Å²) < 4.78 is 13.4. The van der Waals surface area contributed by atoms with Gasteiger partial charge in [-0.1, -0.05) is 0 Å². The Labute approximate surface area is 70.7 Å². The van der Waals surface area contributed by atoms with Gasteiger partial charge >= 0.3 is 0 Å². The highest BCUT2D eigenvalue weighted by Crippen LogP contribution is 2.20. The Balaban J connectivity index is 3.55. The van der Waals surface area contributed by atoms with Crippen molar-refractivity contribution in [1.82, 2.24) is 0 Å². The molecule has 0 atom stereocenters. The summed E-state index contributed by atoms with van der Waals surface area (Å²) >= 11 is 0.252. The number of nitrogens with zero attached hydrogens (tertiary/aromatic N) is 2. The molecule has 0 saturated carbocycles. The van der Waals surface area contributed by atoms with Crippen LogP contribution in [0.15, 0.2) is 4.36 Å².